The maximum atomic E-state index is 12.0. The fourth-order valence-corrected chi connectivity index (χ4v) is 2.38. The van der Waals surface area contributed by atoms with E-state index in [1.54, 1.807) is 6.33 Å². The summed E-state index contributed by atoms with van der Waals surface area (Å²) in [5.41, 5.74) is 1.77. The summed E-state index contributed by atoms with van der Waals surface area (Å²) in [4.78, 5) is 12.0. The Hall–Kier alpha value is -2.21. The van der Waals surface area contributed by atoms with Gasteiger partial charge in [0.2, 0.25) is 5.91 Å². The van der Waals surface area contributed by atoms with E-state index < -0.39 is 0 Å². The number of anilines is 1. The van der Waals surface area contributed by atoms with Crippen molar-refractivity contribution in [2.24, 2.45) is 7.05 Å². The van der Waals surface area contributed by atoms with Crippen molar-refractivity contribution in [3.05, 3.63) is 30.6 Å². The predicted octanol–water partition coefficient (Wildman–Crippen LogP) is 1.17. The summed E-state index contributed by atoms with van der Waals surface area (Å²) in [6.45, 7) is 0.920. The topological polar surface area (TPSA) is 71.8 Å². The van der Waals surface area contributed by atoms with Gasteiger partial charge in [-0.25, -0.2) is 0 Å². The van der Waals surface area contributed by atoms with Crippen LogP contribution in [0.3, 0.4) is 0 Å². The lowest BCUT2D eigenvalue weighted by molar-refractivity contribution is -0.117. The van der Waals surface area contributed by atoms with E-state index in [-0.39, 0.29) is 11.9 Å². The van der Waals surface area contributed by atoms with Gasteiger partial charge in [0.15, 0.2) is 5.82 Å². The first-order valence-electron chi connectivity index (χ1n) is 6.73. The third-order valence-electron chi connectivity index (χ3n) is 3.50. The highest BCUT2D eigenvalue weighted by molar-refractivity contribution is 5.95. The summed E-state index contributed by atoms with van der Waals surface area (Å²) in [5.74, 6) is 0.842. The van der Waals surface area contributed by atoms with Crippen LogP contribution in [0.15, 0.2) is 30.6 Å². The van der Waals surface area contributed by atoms with Crippen LogP contribution in [0, 0.1) is 0 Å². The number of carbonyl (C=O) groups is 1. The summed E-state index contributed by atoms with van der Waals surface area (Å²) in [6, 6.07) is 7.57. The monoisotopic (exact) mass is 271 g/mol. The molecule has 104 valence electrons. The Bertz CT molecular complexity index is 598. The fourth-order valence-electron chi connectivity index (χ4n) is 2.38. The van der Waals surface area contributed by atoms with Crippen LogP contribution in [0.2, 0.25) is 0 Å². The first-order chi connectivity index (χ1) is 9.74. The first kappa shape index (κ1) is 12.8. The Morgan fingerprint density at radius 3 is 2.80 bits per heavy atom. The van der Waals surface area contributed by atoms with Crippen LogP contribution < -0.4 is 10.6 Å². The summed E-state index contributed by atoms with van der Waals surface area (Å²) in [7, 11) is 1.90. The van der Waals surface area contributed by atoms with Crippen LogP contribution in [0.5, 0.6) is 0 Å². The van der Waals surface area contributed by atoms with Crippen LogP contribution in [0.4, 0.5) is 5.69 Å². The summed E-state index contributed by atoms with van der Waals surface area (Å²) >= 11 is 0. The van der Waals surface area contributed by atoms with Gasteiger partial charge in [-0.15, -0.1) is 10.2 Å². The number of benzene rings is 1. The zero-order valence-electron chi connectivity index (χ0n) is 11.3. The number of hydrogen-bond acceptors (Lipinski definition) is 4. The Morgan fingerprint density at radius 1 is 1.40 bits per heavy atom. The fraction of sp³-hybridized carbons (Fsp3) is 0.357. The maximum absolute atomic E-state index is 12.0. The number of amides is 1. The SMILES string of the molecule is Cn1cnnc1-c1ccc(NC(=O)[C@H]2CCCN2)cc1. The van der Waals surface area contributed by atoms with Crippen LogP contribution in [0.1, 0.15) is 12.8 Å². The molecule has 2 heterocycles. The minimum Gasteiger partial charge on any atom is -0.325 e. The normalized spacial score (nSPS) is 18.1. The van der Waals surface area contributed by atoms with Crippen molar-refractivity contribution >= 4 is 11.6 Å². The van der Waals surface area contributed by atoms with Gasteiger partial charge in [0.25, 0.3) is 0 Å². The molecule has 2 N–H and O–H groups in total. The first-order valence-corrected chi connectivity index (χ1v) is 6.73. The lowest BCUT2D eigenvalue weighted by Crippen LogP contribution is -2.35. The smallest absolute Gasteiger partial charge is 0.241 e. The molecule has 1 aliphatic rings. The highest BCUT2D eigenvalue weighted by Gasteiger charge is 2.21. The summed E-state index contributed by atoms with van der Waals surface area (Å²) in [6.07, 6.45) is 3.63. The van der Waals surface area contributed by atoms with E-state index in [4.69, 9.17) is 0 Å². The van der Waals surface area contributed by atoms with Gasteiger partial charge in [-0.2, -0.15) is 0 Å². The van der Waals surface area contributed by atoms with Crippen molar-refractivity contribution in [2.75, 3.05) is 11.9 Å². The molecule has 0 aliphatic carbocycles. The van der Waals surface area contributed by atoms with Gasteiger partial charge in [0.1, 0.15) is 6.33 Å². The van der Waals surface area contributed by atoms with Crippen molar-refractivity contribution in [2.45, 2.75) is 18.9 Å². The van der Waals surface area contributed by atoms with Gasteiger partial charge >= 0.3 is 0 Å². The zero-order chi connectivity index (χ0) is 13.9. The summed E-state index contributed by atoms with van der Waals surface area (Å²) < 4.78 is 1.86. The van der Waals surface area contributed by atoms with Crippen LogP contribution in [-0.4, -0.2) is 33.3 Å². The van der Waals surface area contributed by atoms with Gasteiger partial charge in [-0.1, -0.05) is 0 Å². The predicted molar refractivity (Wildman–Crippen MR) is 76.1 cm³/mol. The molecule has 1 aromatic carbocycles. The second kappa shape index (κ2) is 5.42. The van der Waals surface area contributed by atoms with Crippen molar-refractivity contribution < 1.29 is 4.79 Å². The molecule has 0 saturated carbocycles. The van der Waals surface area contributed by atoms with Gasteiger partial charge in [0, 0.05) is 18.3 Å². The molecule has 0 unspecified atom stereocenters. The molecular formula is C14H17N5O. The van der Waals surface area contributed by atoms with Gasteiger partial charge in [-0.3, -0.25) is 4.79 Å². The van der Waals surface area contributed by atoms with Gasteiger partial charge in [0.05, 0.1) is 6.04 Å². The van der Waals surface area contributed by atoms with E-state index in [0.717, 1.165) is 36.5 Å². The zero-order valence-corrected chi connectivity index (χ0v) is 11.3. The van der Waals surface area contributed by atoms with E-state index in [1.807, 2.05) is 35.9 Å². The molecule has 3 rings (SSSR count). The van der Waals surface area contributed by atoms with E-state index in [9.17, 15) is 4.79 Å². The molecule has 1 aromatic heterocycles. The third-order valence-corrected chi connectivity index (χ3v) is 3.50. The van der Waals surface area contributed by atoms with Crippen LogP contribution in [-0.2, 0) is 11.8 Å². The minimum absolute atomic E-state index is 0.0360. The second-order valence-corrected chi connectivity index (χ2v) is 4.98. The number of hydrogen-bond donors (Lipinski definition) is 2. The number of aryl methyl sites for hydroxylation is 1. The number of nitrogens with zero attached hydrogens (tertiary/aromatic N) is 3. The largest absolute Gasteiger partial charge is 0.325 e. The van der Waals surface area contributed by atoms with Crippen molar-refractivity contribution in [1.29, 1.82) is 0 Å². The molecular weight excluding hydrogens is 254 g/mol. The molecule has 1 fully saturated rings. The molecule has 0 bridgehead atoms. The number of nitrogens with one attached hydrogen (secondary N) is 2. The average molecular weight is 271 g/mol. The Labute approximate surface area is 117 Å². The van der Waals surface area contributed by atoms with E-state index in [2.05, 4.69) is 20.8 Å². The van der Waals surface area contributed by atoms with Crippen molar-refractivity contribution in [3.8, 4) is 11.4 Å². The van der Waals surface area contributed by atoms with Gasteiger partial charge in [-0.05, 0) is 43.7 Å². The maximum Gasteiger partial charge on any atom is 0.241 e. The van der Waals surface area contributed by atoms with E-state index in [1.165, 1.54) is 0 Å². The Morgan fingerprint density at radius 2 is 2.20 bits per heavy atom. The molecule has 2 aromatic rings. The number of aromatic nitrogens is 3. The van der Waals surface area contributed by atoms with E-state index >= 15 is 0 Å². The average Bonchev–Trinajstić information content (AvgIpc) is 3.11. The minimum atomic E-state index is -0.0617. The molecule has 1 atom stereocenters. The van der Waals surface area contributed by atoms with Crippen LogP contribution >= 0.6 is 0 Å². The molecule has 6 heteroatoms. The van der Waals surface area contributed by atoms with Crippen molar-refractivity contribution in [3.63, 3.8) is 0 Å². The third kappa shape index (κ3) is 2.55. The molecule has 1 amide bonds. The highest BCUT2D eigenvalue weighted by atomic mass is 16.2. The standard InChI is InChI=1S/C14H17N5O/c1-19-9-16-18-13(19)10-4-6-11(7-5-10)17-14(20)12-3-2-8-15-12/h4-7,9,12,15H,2-3,8H2,1H3,(H,17,20)/t12-/m1/s1. The number of rotatable bonds is 3. The highest BCUT2D eigenvalue weighted by Crippen LogP contribution is 2.19. The lowest BCUT2D eigenvalue weighted by atomic mass is 10.1. The van der Waals surface area contributed by atoms with Gasteiger partial charge < -0.3 is 15.2 Å². The van der Waals surface area contributed by atoms with E-state index in [0.29, 0.717) is 0 Å². The second-order valence-electron chi connectivity index (χ2n) is 4.98. The lowest BCUT2D eigenvalue weighted by Gasteiger charge is -2.11. The Balaban J connectivity index is 1.70. The van der Waals surface area contributed by atoms with Crippen LogP contribution in [0.25, 0.3) is 11.4 Å². The molecule has 1 saturated heterocycles. The molecule has 6 nitrogen and oxygen atoms in total. The Kier molecular flexibility index (Phi) is 3.47. The summed E-state index contributed by atoms with van der Waals surface area (Å²) in [5, 5.41) is 14.0. The number of carbonyl (C=O) groups excluding carboxylic acids is 1. The quantitative estimate of drug-likeness (QED) is 0.879. The van der Waals surface area contributed by atoms with Crippen molar-refractivity contribution in [1.82, 2.24) is 20.1 Å². The molecule has 1 aliphatic heterocycles. The molecule has 0 spiro atoms. The molecule has 20 heavy (non-hydrogen) atoms. The molecule has 0 radical (unpaired) electrons.